The van der Waals surface area contributed by atoms with Gasteiger partial charge in [0, 0.05) is 6.42 Å². The van der Waals surface area contributed by atoms with Crippen LogP contribution in [-0.2, 0) is 4.84 Å². The van der Waals surface area contributed by atoms with Gasteiger partial charge in [-0.25, -0.2) is 0 Å². The fraction of sp³-hybridized carbons (Fsp3) is 0.333. The van der Waals surface area contributed by atoms with Crippen LogP contribution in [0.3, 0.4) is 0 Å². The van der Waals surface area contributed by atoms with Crippen molar-refractivity contribution in [1.29, 1.82) is 5.26 Å². The van der Waals surface area contributed by atoms with E-state index in [0.717, 1.165) is 11.3 Å². The number of oxime groups is 1. The smallest absolute Gasteiger partial charge is 0.153 e. The van der Waals surface area contributed by atoms with Gasteiger partial charge in [-0.1, -0.05) is 35.5 Å². The van der Waals surface area contributed by atoms with Gasteiger partial charge in [0.15, 0.2) is 5.60 Å². The number of nitriles is 1. The van der Waals surface area contributed by atoms with Crippen LogP contribution in [0.4, 0.5) is 0 Å². The van der Waals surface area contributed by atoms with Crippen molar-refractivity contribution in [2.24, 2.45) is 5.16 Å². The third-order valence-corrected chi connectivity index (χ3v) is 2.48. The lowest BCUT2D eigenvalue weighted by atomic mass is 9.94. The summed E-state index contributed by atoms with van der Waals surface area (Å²) in [5.41, 5.74) is 1.55. The summed E-state index contributed by atoms with van der Waals surface area (Å²) in [5, 5.41) is 12.7. The van der Waals surface area contributed by atoms with Crippen LogP contribution in [-0.4, -0.2) is 11.3 Å². The molecule has 0 bridgehead atoms. The number of rotatable bonds is 2. The van der Waals surface area contributed by atoms with E-state index < -0.39 is 5.60 Å². The molecule has 3 heteroatoms. The van der Waals surface area contributed by atoms with Crippen molar-refractivity contribution in [3.05, 3.63) is 35.9 Å². The molecule has 1 aromatic rings. The minimum absolute atomic E-state index is 0.368. The molecule has 0 fully saturated rings. The van der Waals surface area contributed by atoms with Gasteiger partial charge in [-0.15, -0.1) is 0 Å². The molecule has 1 heterocycles. The molecule has 3 nitrogen and oxygen atoms in total. The van der Waals surface area contributed by atoms with Gasteiger partial charge in [-0.3, -0.25) is 0 Å². The lowest BCUT2D eigenvalue weighted by Gasteiger charge is -2.16. The zero-order valence-electron chi connectivity index (χ0n) is 8.60. The summed E-state index contributed by atoms with van der Waals surface area (Å²) >= 11 is 0. The summed E-state index contributed by atoms with van der Waals surface area (Å²) in [6.07, 6.45) is 1.07. The summed E-state index contributed by atoms with van der Waals surface area (Å²) in [6, 6.07) is 12.0. The molecule has 0 radical (unpaired) electrons. The number of benzene rings is 1. The van der Waals surface area contributed by atoms with Crippen LogP contribution >= 0.6 is 0 Å². The summed E-state index contributed by atoms with van der Waals surface area (Å²) in [4.78, 5) is 5.31. The predicted octanol–water partition coefficient (Wildman–Crippen LogP) is 2.48. The summed E-state index contributed by atoms with van der Waals surface area (Å²) in [6.45, 7) is 1.91. The van der Waals surface area contributed by atoms with Crippen molar-refractivity contribution in [2.45, 2.75) is 25.4 Å². The lowest BCUT2D eigenvalue weighted by molar-refractivity contribution is 0.000610. The van der Waals surface area contributed by atoms with Crippen molar-refractivity contribution in [3.63, 3.8) is 0 Å². The van der Waals surface area contributed by atoms with Crippen molar-refractivity contribution >= 4 is 5.71 Å². The van der Waals surface area contributed by atoms with Crippen LogP contribution in [0, 0.1) is 11.3 Å². The fourth-order valence-electron chi connectivity index (χ4n) is 1.63. The van der Waals surface area contributed by atoms with E-state index in [-0.39, 0.29) is 0 Å². The van der Waals surface area contributed by atoms with Crippen LogP contribution < -0.4 is 0 Å². The molecule has 0 aliphatic carbocycles. The van der Waals surface area contributed by atoms with E-state index in [9.17, 15) is 0 Å². The maximum atomic E-state index is 8.67. The van der Waals surface area contributed by atoms with Gasteiger partial charge < -0.3 is 4.84 Å². The van der Waals surface area contributed by atoms with Crippen LogP contribution in [0.15, 0.2) is 35.5 Å². The molecule has 0 spiro atoms. The first-order chi connectivity index (χ1) is 7.23. The Bertz CT molecular complexity index is 419. The second-order valence-corrected chi connectivity index (χ2v) is 3.96. The molecular weight excluding hydrogens is 188 g/mol. The fourth-order valence-corrected chi connectivity index (χ4v) is 1.63. The number of hydrogen-bond donors (Lipinski definition) is 0. The average Bonchev–Trinajstić information content (AvgIpc) is 2.63. The first-order valence-electron chi connectivity index (χ1n) is 4.91. The molecule has 1 unspecified atom stereocenters. The molecule has 1 aliphatic heterocycles. The molecule has 1 aliphatic rings. The zero-order chi connectivity index (χ0) is 10.7. The van der Waals surface area contributed by atoms with Crippen molar-refractivity contribution < 1.29 is 4.84 Å². The predicted molar refractivity (Wildman–Crippen MR) is 57.3 cm³/mol. The van der Waals surface area contributed by atoms with E-state index >= 15 is 0 Å². The van der Waals surface area contributed by atoms with Crippen molar-refractivity contribution in [2.75, 3.05) is 0 Å². The molecule has 0 saturated heterocycles. The number of nitrogens with zero attached hydrogens (tertiary/aromatic N) is 2. The van der Waals surface area contributed by atoms with Gasteiger partial charge in [0.1, 0.15) is 0 Å². The molecule has 2 rings (SSSR count). The van der Waals surface area contributed by atoms with Gasteiger partial charge in [0.2, 0.25) is 0 Å². The highest BCUT2D eigenvalue weighted by Crippen LogP contribution is 2.28. The maximum absolute atomic E-state index is 8.67. The Hall–Kier alpha value is -1.82. The van der Waals surface area contributed by atoms with E-state index in [1.54, 1.807) is 0 Å². The lowest BCUT2D eigenvalue weighted by Crippen LogP contribution is -2.23. The molecule has 0 aromatic heterocycles. The highest BCUT2D eigenvalue weighted by atomic mass is 16.7. The van der Waals surface area contributed by atoms with Crippen LogP contribution in [0.5, 0.6) is 0 Å². The molecular formula is C12H12N2O. The van der Waals surface area contributed by atoms with E-state index in [1.807, 2.05) is 37.3 Å². The van der Waals surface area contributed by atoms with Crippen LogP contribution in [0.25, 0.3) is 0 Å². The molecule has 1 atom stereocenters. The van der Waals surface area contributed by atoms with Gasteiger partial charge in [-0.2, -0.15) is 5.26 Å². The van der Waals surface area contributed by atoms with E-state index in [1.165, 1.54) is 0 Å². The maximum Gasteiger partial charge on any atom is 0.153 e. The largest absolute Gasteiger partial charge is 0.388 e. The van der Waals surface area contributed by atoms with Crippen LogP contribution in [0.2, 0.25) is 0 Å². The molecule has 15 heavy (non-hydrogen) atoms. The molecule has 0 amide bonds. The molecule has 1 aromatic carbocycles. The first kappa shape index (κ1) is 9.72. The quantitative estimate of drug-likeness (QED) is 0.736. The normalized spacial score (nSPS) is 24.1. The minimum Gasteiger partial charge on any atom is -0.388 e. The second kappa shape index (κ2) is 3.74. The molecule has 0 N–H and O–H groups in total. The Labute approximate surface area is 89.0 Å². The van der Waals surface area contributed by atoms with E-state index in [0.29, 0.717) is 12.8 Å². The second-order valence-electron chi connectivity index (χ2n) is 3.96. The Kier molecular flexibility index (Phi) is 2.42. The van der Waals surface area contributed by atoms with Crippen molar-refractivity contribution in [1.82, 2.24) is 0 Å². The topological polar surface area (TPSA) is 45.4 Å². The first-order valence-corrected chi connectivity index (χ1v) is 4.91. The SMILES string of the molecule is CC1(CC#N)CC(c2ccccc2)=NO1. The summed E-state index contributed by atoms with van der Waals surface area (Å²) in [5.74, 6) is 0. The molecule has 76 valence electrons. The zero-order valence-corrected chi connectivity index (χ0v) is 8.60. The van der Waals surface area contributed by atoms with Gasteiger partial charge in [0.05, 0.1) is 18.2 Å². The minimum atomic E-state index is -0.445. The third kappa shape index (κ3) is 1.99. The Balaban J connectivity index is 2.14. The monoisotopic (exact) mass is 200 g/mol. The Morgan fingerprint density at radius 3 is 2.87 bits per heavy atom. The third-order valence-electron chi connectivity index (χ3n) is 2.48. The summed E-state index contributed by atoms with van der Waals surface area (Å²) < 4.78 is 0. The van der Waals surface area contributed by atoms with Crippen molar-refractivity contribution in [3.8, 4) is 6.07 Å². The Morgan fingerprint density at radius 1 is 1.47 bits per heavy atom. The average molecular weight is 200 g/mol. The standard InChI is InChI=1S/C12H12N2O/c1-12(7-8-13)9-11(14-15-12)10-5-3-2-4-6-10/h2-6H,7,9H2,1H3. The van der Waals surface area contributed by atoms with Gasteiger partial charge >= 0.3 is 0 Å². The Morgan fingerprint density at radius 2 is 2.20 bits per heavy atom. The van der Waals surface area contributed by atoms with E-state index in [4.69, 9.17) is 10.1 Å². The van der Waals surface area contributed by atoms with Crippen LogP contribution in [0.1, 0.15) is 25.3 Å². The molecule has 0 saturated carbocycles. The number of hydrogen-bond acceptors (Lipinski definition) is 3. The highest BCUT2D eigenvalue weighted by molar-refractivity contribution is 6.01. The highest BCUT2D eigenvalue weighted by Gasteiger charge is 2.34. The van der Waals surface area contributed by atoms with E-state index in [2.05, 4.69) is 11.2 Å². The van der Waals surface area contributed by atoms with Gasteiger partial charge in [0.25, 0.3) is 0 Å². The summed E-state index contributed by atoms with van der Waals surface area (Å²) in [7, 11) is 0. The van der Waals surface area contributed by atoms with Gasteiger partial charge in [-0.05, 0) is 12.5 Å².